The summed E-state index contributed by atoms with van der Waals surface area (Å²) in [6.07, 6.45) is 0.307. The Hall–Kier alpha value is -1.66. The Bertz CT molecular complexity index is 701. The number of carbonyl (C=O) groups is 2. The van der Waals surface area contributed by atoms with E-state index in [0.29, 0.717) is 12.1 Å². The van der Waals surface area contributed by atoms with E-state index in [0.717, 1.165) is 9.35 Å². The van der Waals surface area contributed by atoms with Crippen molar-refractivity contribution in [2.24, 2.45) is 0 Å². The number of thiophene rings is 1. The van der Waals surface area contributed by atoms with Crippen LogP contribution in [0.25, 0.3) is 0 Å². The molecule has 0 radical (unpaired) electrons. The van der Waals surface area contributed by atoms with Gasteiger partial charge in [0.2, 0.25) is 5.91 Å². The fraction of sp³-hybridized carbons (Fsp3) is 0.250. The molecule has 0 spiro atoms. The van der Waals surface area contributed by atoms with E-state index in [9.17, 15) is 9.59 Å². The highest BCUT2D eigenvalue weighted by atomic mass is 79.9. The van der Waals surface area contributed by atoms with E-state index in [1.807, 2.05) is 41.8 Å². The first kappa shape index (κ1) is 15.2. The van der Waals surface area contributed by atoms with E-state index in [1.165, 1.54) is 7.11 Å². The molecule has 0 unspecified atom stereocenters. The number of hydrogen-bond donors (Lipinski definition) is 0. The summed E-state index contributed by atoms with van der Waals surface area (Å²) in [7, 11) is 1.36. The molecule has 0 aliphatic carbocycles. The molecule has 1 fully saturated rings. The van der Waals surface area contributed by atoms with Crippen molar-refractivity contribution in [3.63, 3.8) is 0 Å². The lowest BCUT2D eigenvalue weighted by molar-refractivity contribution is -0.142. The van der Waals surface area contributed by atoms with Crippen molar-refractivity contribution in [1.29, 1.82) is 0 Å². The minimum Gasteiger partial charge on any atom is -0.467 e. The lowest BCUT2D eigenvalue weighted by Gasteiger charge is -2.26. The standard InChI is InChI=1S/C16H14BrNO3S/c1-21-16(20)15-10(13-7-4-8-22-13)9-14(19)18(15)12-6-3-2-5-11(12)17/h2-8,10,15H,9H2,1H3/t10-,15-/m0/s1. The van der Waals surface area contributed by atoms with Crippen LogP contribution < -0.4 is 4.90 Å². The third-order valence-electron chi connectivity index (χ3n) is 3.79. The molecule has 1 amide bonds. The van der Waals surface area contributed by atoms with Crippen LogP contribution in [0.3, 0.4) is 0 Å². The molecule has 2 aromatic rings. The average molecular weight is 380 g/mol. The van der Waals surface area contributed by atoms with Crippen LogP contribution in [0.2, 0.25) is 0 Å². The quantitative estimate of drug-likeness (QED) is 0.765. The number of nitrogens with zero attached hydrogens (tertiary/aromatic N) is 1. The van der Waals surface area contributed by atoms with E-state index in [1.54, 1.807) is 16.2 Å². The van der Waals surface area contributed by atoms with Gasteiger partial charge in [-0.3, -0.25) is 9.69 Å². The number of methoxy groups -OCH3 is 1. The smallest absolute Gasteiger partial charge is 0.329 e. The first-order valence-electron chi connectivity index (χ1n) is 6.81. The summed E-state index contributed by atoms with van der Waals surface area (Å²) in [6, 6.07) is 10.7. The Balaban J connectivity index is 2.06. The maximum atomic E-state index is 12.6. The van der Waals surface area contributed by atoms with Gasteiger partial charge in [-0.15, -0.1) is 11.3 Å². The summed E-state index contributed by atoms with van der Waals surface area (Å²) in [4.78, 5) is 27.5. The van der Waals surface area contributed by atoms with Crippen LogP contribution in [0.1, 0.15) is 17.2 Å². The largest absolute Gasteiger partial charge is 0.467 e. The highest BCUT2D eigenvalue weighted by Gasteiger charge is 2.47. The maximum absolute atomic E-state index is 12.6. The molecule has 2 heterocycles. The van der Waals surface area contributed by atoms with Gasteiger partial charge in [-0.2, -0.15) is 0 Å². The lowest BCUT2D eigenvalue weighted by atomic mass is 9.98. The molecular weight excluding hydrogens is 366 g/mol. The highest BCUT2D eigenvalue weighted by molar-refractivity contribution is 9.10. The van der Waals surface area contributed by atoms with Crippen molar-refractivity contribution in [3.8, 4) is 0 Å². The number of carbonyl (C=O) groups excluding carboxylic acids is 2. The second kappa shape index (κ2) is 6.22. The molecule has 114 valence electrons. The molecule has 3 rings (SSSR count). The van der Waals surface area contributed by atoms with Gasteiger partial charge in [0.1, 0.15) is 6.04 Å². The number of para-hydroxylation sites is 1. The summed E-state index contributed by atoms with van der Waals surface area (Å²) in [5.74, 6) is -0.632. The number of halogens is 1. The number of esters is 1. The predicted molar refractivity (Wildman–Crippen MR) is 89.1 cm³/mol. The lowest BCUT2D eigenvalue weighted by Crippen LogP contribution is -2.41. The molecule has 2 atom stereocenters. The van der Waals surface area contributed by atoms with Crippen molar-refractivity contribution in [3.05, 3.63) is 51.1 Å². The average Bonchev–Trinajstić information content (AvgIpc) is 3.14. The molecule has 0 bridgehead atoms. The minimum atomic E-state index is -0.630. The topological polar surface area (TPSA) is 46.6 Å². The third kappa shape index (κ3) is 2.57. The van der Waals surface area contributed by atoms with Crippen LogP contribution in [-0.2, 0) is 14.3 Å². The van der Waals surface area contributed by atoms with Gasteiger partial charge in [0.05, 0.1) is 12.8 Å². The Morgan fingerprint density at radius 2 is 2.09 bits per heavy atom. The normalized spacial score (nSPS) is 21.2. The summed E-state index contributed by atoms with van der Waals surface area (Å²) in [5, 5.41) is 1.95. The molecule has 1 aromatic carbocycles. The third-order valence-corrected chi connectivity index (χ3v) is 5.46. The molecule has 22 heavy (non-hydrogen) atoms. The summed E-state index contributed by atoms with van der Waals surface area (Å²) in [6.45, 7) is 0. The van der Waals surface area contributed by atoms with Crippen molar-refractivity contribution in [2.75, 3.05) is 12.0 Å². The van der Waals surface area contributed by atoms with E-state index in [2.05, 4.69) is 15.9 Å². The minimum absolute atomic E-state index is 0.0688. The number of hydrogen-bond acceptors (Lipinski definition) is 4. The molecule has 4 nitrogen and oxygen atoms in total. The Kier molecular flexibility index (Phi) is 4.31. The van der Waals surface area contributed by atoms with Crippen molar-refractivity contribution >= 4 is 44.8 Å². The van der Waals surface area contributed by atoms with Gasteiger partial charge in [-0.1, -0.05) is 18.2 Å². The van der Waals surface area contributed by atoms with Gasteiger partial charge in [0.15, 0.2) is 0 Å². The van der Waals surface area contributed by atoms with Gasteiger partial charge in [-0.25, -0.2) is 4.79 Å². The molecule has 6 heteroatoms. The number of anilines is 1. The number of rotatable bonds is 3. The fourth-order valence-electron chi connectivity index (χ4n) is 2.81. The number of ether oxygens (including phenoxy) is 1. The Labute approximate surface area is 140 Å². The molecule has 0 saturated carbocycles. The van der Waals surface area contributed by atoms with Gasteiger partial charge in [0, 0.05) is 21.7 Å². The molecule has 0 N–H and O–H groups in total. The van der Waals surface area contributed by atoms with E-state index < -0.39 is 6.04 Å². The van der Waals surface area contributed by atoms with Gasteiger partial charge in [-0.05, 0) is 39.5 Å². The van der Waals surface area contributed by atoms with Gasteiger partial charge >= 0.3 is 5.97 Å². The van der Waals surface area contributed by atoms with E-state index in [4.69, 9.17) is 4.74 Å². The molecular formula is C16H14BrNO3S. The summed E-state index contributed by atoms with van der Waals surface area (Å²) >= 11 is 5.01. The molecule has 1 aromatic heterocycles. The van der Waals surface area contributed by atoms with Crippen LogP contribution in [0.15, 0.2) is 46.3 Å². The number of amides is 1. The van der Waals surface area contributed by atoms with Crippen LogP contribution in [-0.4, -0.2) is 25.0 Å². The predicted octanol–water partition coefficient (Wildman–Crippen LogP) is 3.57. The highest BCUT2D eigenvalue weighted by Crippen LogP contribution is 2.41. The number of benzene rings is 1. The zero-order valence-electron chi connectivity index (χ0n) is 11.9. The zero-order valence-corrected chi connectivity index (χ0v) is 14.3. The summed E-state index contributed by atoms with van der Waals surface area (Å²) in [5.41, 5.74) is 0.696. The Morgan fingerprint density at radius 1 is 1.32 bits per heavy atom. The van der Waals surface area contributed by atoms with Crippen LogP contribution in [0, 0.1) is 0 Å². The van der Waals surface area contributed by atoms with Crippen molar-refractivity contribution < 1.29 is 14.3 Å². The van der Waals surface area contributed by atoms with Gasteiger partial charge in [0.25, 0.3) is 0 Å². The first-order valence-corrected chi connectivity index (χ1v) is 8.48. The van der Waals surface area contributed by atoms with Crippen molar-refractivity contribution in [1.82, 2.24) is 0 Å². The summed E-state index contributed by atoms with van der Waals surface area (Å²) < 4.78 is 5.74. The van der Waals surface area contributed by atoms with Crippen LogP contribution >= 0.6 is 27.3 Å². The van der Waals surface area contributed by atoms with E-state index in [-0.39, 0.29) is 17.8 Å². The second-order valence-corrected chi connectivity index (χ2v) is 6.84. The molecule has 1 saturated heterocycles. The maximum Gasteiger partial charge on any atom is 0.329 e. The fourth-order valence-corrected chi connectivity index (χ4v) is 4.15. The first-order chi connectivity index (χ1) is 10.6. The molecule has 1 aliphatic heterocycles. The monoisotopic (exact) mass is 379 g/mol. The second-order valence-electron chi connectivity index (χ2n) is 5.01. The molecule has 1 aliphatic rings. The van der Waals surface area contributed by atoms with E-state index >= 15 is 0 Å². The van der Waals surface area contributed by atoms with Gasteiger partial charge < -0.3 is 4.74 Å². The van der Waals surface area contributed by atoms with Crippen LogP contribution in [0.4, 0.5) is 5.69 Å². The SMILES string of the molecule is COC(=O)[C@@H]1[C@H](c2cccs2)CC(=O)N1c1ccccc1Br. The van der Waals surface area contributed by atoms with Crippen molar-refractivity contribution in [2.45, 2.75) is 18.4 Å². The zero-order chi connectivity index (χ0) is 15.7. The Morgan fingerprint density at radius 3 is 2.73 bits per heavy atom. The van der Waals surface area contributed by atoms with Crippen LogP contribution in [0.5, 0.6) is 0 Å².